The van der Waals surface area contributed by atoms with Crippen molar-refractivity contribution in [1.29, 1.82) is 0 Å². The molecule has 0 radical (unpaired) electrons. The minimum absolute atomic E-state index is 0.0416. The van der Waals surface area contributed by atoms with Gasteiger partial charge in [-0.1, -0.05) is 31.0 Å². The lowest BCUT2D eigenvalue weighted by Gasteiger charge is -2.25. The van der Waals surface area contributed by atoms with E-state index in [9.17, 15) is 13.2 Å². The van der Waals surface area contributed by atoms with E-state index in [0.717, 1.165) is 42.8 Å². The first kappa shape index (κ1) is 22.6. The molecule has 9 heteroatoms. The van der Waals surface area contributed by atoms with Crippen LogP contribution in [0, 0.1) is 0 Å². The molecule has 31 heavy (non-hydrogen) atoms. The van der Waals surface area contributed by atoms with Crippen LogP contribution < -0.4 is 5.32 Å². The van der Waals surface area contributed by atoms with Gasteiger partial charge in [0.1, 0.15) is 0 Å². The molecule has 1 aromatic heterocycles. The number of nitrogens with one attached hydrogen (secondary N) is 1. The van der Waals surface area contributed by atoms with E-state index in [1.54, 1.807) is 16.4 Å². The van der Waals surface area contributed by atoms with Gasteiger partial charge >= 0.3 is 0 Å². The van der Waals surface area contributed by atoms with Gasteiger partial charge in [0.2, 0.25) is 15.9 Å². The molecule has 1 aromatic carbocycles. The summed E-state index contributed by atoms with van der Waals surface area (Å²) in [6.45, 7) is 5.80. The number of thioether (sulfide) groups is 1. The third-order valence-electron chi connectivity index (χ3n) is 6.31. The Morgan fingerprint density at radius 1 is 1.19 bits per heavy atom. The summed E-state index contributed by atoms with van der Waals surface area (Å²) >= 11 is 1.43. The number of nitrogens with zero attached hydrogens (tertiary/aromatic N) is 3. The molecule has 7 nitrogen and oxygen atoms in total. The standard InChI is InChI=1S/C22H32N4O3S2/c1-3-26-20-12-11-18(31(28,29)25-13-7-4-8-14-25)15-19(20)24-22(26)30-16(2)21(27)23-17-9-5-6-10-17/h11-12,15-17H,3-10,13-14H2,1-2H3,(H,23,27). The number of fused-ring (bicyclic) bond motifs is 1. The molecule has 0 spiro atoms. The third kappa shape index (κ3) is 4.78. The quantitative estimate of drug-likeness (QED) is 0.631. The molecular weight excluding hydrogens is 432 g/mol. The van der Waals surface area contributed by atoms with Gasteiger partial charge < -0.3 is 9.88 Å². The highest BCUT2D eigenvalue weighted by Crippen LogP contribution is 2.30. The van der Waals surface area contributed by atoms with E-state index in [1.807, 2.05) is 19.9 Å². The lowest BCUT2D eigenvalue weighted by Crippen LogP contribution is -2.37. The zero-order valence-electron chi connectivity index (χ0n) is 18.3. The number of amides is 1. The highest BCUT2D eigenvalue weighted by molar-refractivity contribution is 8.00. The van der Waals surface area contributed by atoms with E-state index in [2.05, 4.69) is 9.88 Å². The molecule has 1 saturated heterocycles. The fourth-order valence-electron chi connectivity index (χ4n) is 4.50. The number of sulfonamides is 1. The van der Waals surface area contributed by atoms with Crippen molar-refractivity contribution in [2.75, 3.05) is 13.1 Å². The number of rotatable bonds is 7. The van der Waals surface area contributed by atoms with Crippen LogP contribution in [-0.2, 0) is 21.4 Å². The number of carbonyl (C=O) groups excluding carboxylic acids is 1. The molecule has 1 unspecified atom stereocenters. The average molecular weight is 465 g/mol. The summed E-state index contributed by atoms with van der Waals surface area (Å²) in [7, 11) is -3.50. The number of hydrogen-bond donors (Lipinski definition) is 1. The smallest absolute Gasteiger partial charge is 0.243 e. The van der Waals surface area contributed by atoms with Crippen molar-refractivity contribution >= 4 is 38.7 Å². The maximum atomic E-state index is 13.1. The molecule has 1 aliphatic carbocycles. The van der Waals surface area contributed by atoms with Crippen LogP contribution in [0.1, 0.15) is 58.8 Å². The Kier molecular flexibility index (Phi) is 6.93. The van der Waals surface area contributed by atoms with Crippen LogP contribution in [0.5, 0.6) is 0 Å². The summed E-state index contributed by atoms with van der Waals surface area (Å²) < 4.78 is 29.7. The lowest BCUT2D eigenvalue weighted by atomic mass is 10.2. The molecule has 2 heterocycles. The Morgan fingerprint density at radius 2 is 1.90 bits per heavy atom. The van der Waals surface area contributed by atoms with Gasteiger partial charge in [-0.2, -0.15) is 4.31 Å². The first-order chi connectivity index (χ1) is 14.9. The van der Waals surface area contributed by atoms with Gasteiger partial charge in [-0.25, -0.2) is 13.4 Å². The van der Waals surface area contributed by atoms with E-state index in [-0.39, 0.29) is 11.2 Å². The molecule has 1 saturated carbocycles. The first-order valence-electron chi connectivity index (χ1n) is 11.4. The maximum absolute atomic E-state index is 13.1. The van der Waals surface area contributed by atoms with Gasteiger partial charge in [-0.3, -0.25) is 4.79 Å². The number of aromatic nitrogens is 2. The molecule has 2 fully saturated rings. The summed E-state index contributed by atoms with van der Waals surface area (Å²) in [5.74, 6) is 0.0416. The van der Waals surface area contributed by atoms with Gasteiger partial charge in [-0.05, 0) is 57.7 Å². The first-order valence-corrected chi connectivity index (χ1v) is 13.7. The van der Waals surface area contributed by atoms with Crippen molar-refractivity contribution in [3.8, 4) is 0 Å². The second-order valence-corrected chi connectivity index (χ2v) is 11.7. The molecule has 170 valence electrons. The van der Waals surface area contributed by atoms with Crippen molar-refractivity contribution in [2.24, 2.45) is 0 Å². The second-order valence-electron chi connectivity index (χ2n) is 8.50. The molecule has 4 rings (SSSR count). The summed E-state index contributed by atoms with van der Waals surface area (Å²) in [5, 5.41) is 3.64. The molecule has 1 aliphatic heterocycles. The topological polar surface area (TPSA) is 84.3 Å². The SMILES string of the molecule is CCn1c(SC(C)C(=O)NC2CCCC2)nc2cc(S(=O)(=O)N3CCCCC3)ccc21. The highest BCUT2D eigenvalue weighted by Gasteiger charge is 2.27. The largest absolute Gasteiger partial charge is 0.352 e. The Morgan fingerprint density at radius 3 is 2.58 bits per heavy atom. The van der Waals surface area contributed by atoms with Crippen LogP contribution in [-0.4, -0.2) is 52.6 Å². The van der Waals surface area contributed by atoms with E-state index in [1.165, 1.54) is 24.6 Å². The van der Waals surface area contributed by atoms with Crippen molar-refractivity contribution in [1.82, 2.24) is 19.2 Å². The summed E-state index contributed by atoms with van der Waals surface area (Å²) in [6.07, 6.45) is 7.39. The molecule has 1 atom stereocenters. The number of benzene rings is 1. The van der Waals surface area contributed by atoms with Gasteiger partial charge in [0, 0.05) is 25.7 Å². The van der Waals surface area contributed by atoms with E-state index in [4.69, 9.17) is 4.98 Å². The van der Waals surface area contributed by atoms with Crippen LogP contribution in [0.3, 0.4) is 0 Å². The Hall–Kier alpha value is -1.58. The van der Waals surface area contributed by atoms with Crippen LogP contribution in [0.2, 0.25) is 0 Å². The molecule has 0 bridgehead atoms. The molecule has 2 aromatic rings. The average Bonchev–Trinajstić information content (AvgIpc) is 3.40. The number of aryl methyl sites for hydroxylation is 1. The van der Waals surface area contributed by atoms with Crippen LogP contribution in [0.25, 0.3) is 11.0 Å². The summed E-state index contributed by atoms with van der Waals surface area (Å²) in [6, 6.07) is 5.50. The zero-order valence-corrected chi connectivity index (χ0v) is 20.0. The van der Waals surface area contributed by atoms with E-state index in [0.29, 0.717) is 36.1 Å². The fourth-order valence-corrected chi connectivity index (χ4v) is 7.03. The minimum Gasteiger partial charge on any atom is -0.352 e. The Labute approximate surface area is 189 Å². The maximum Gasteiger partial charge on any atom is 0.243 e. The molecular formula is C22H32N4O3S2. The molecule has 1 amide bonds. The van der Waals surface area contributed by atoms with Crippen molar-refractivity contribution in [2.45, 2.75) is 86.7 Å². The monoisotopic (exact) mass is 464 g/mol. The van der Waals surface area contributed by atoms with Crippen LogP contribution >= 0.6 is 11.8 Å². The van der Waals surface area contributed by atoms with Gasteiger partial charge in [0.15, 0.2) is 5.16 Å². The van der Waals surface area contributed by atoms with Crippen molar-refractivity contribution < 1.29 is 13.2 Å². The van der Waals surface area contributed by atoms with Crippen LogP contribution in [0.4, 0.5) is 0 Å². The predicted molar refractivity (Wildman–Crippen MR) is 124 cm³/mol. The fraction of sp³-hybridized carbons (Fsp3) is 0.636. The van der Waals surface area contributed by atoms with Gasteiger partial charge in [0.05, 0.1) is 21.2 Å². The predicted octanol–water partition coefficient (Wildman–Crippen LogP) is 3.77. The van der Waals surface area contributed by atoms with Gasteiger partial charge in [0.25, 0.3) is 0 Å². The Bertz CT molecular complexity index is 1040. The summed E-state index contributed by atoms with van der Waals surface area (Å²) in [4.78, 5) is 17.6. The zero-order chi connectivity index (χ0) is 22.0. The second kappa shape index (κ2) is 9.50. The van der Waals surface area contributed by atoms with Crippen LogP contribution in [0.15, 0.2) is 28.3 Å². The number of imidazole rings is 1. The molecule has 1 N–H and O–H groups in total. The number of carbonyl (C=O) groups is 1. The van der Waals surface area contributed by atoms with Gasteiger partial charge in [-0.15, -0.1) is 0 Å². The van der Waals surface area contributed by atoms with E-state index >= 15 is 0 Å². The normalized spacial score (nSPS) is 19.7. The highest BCUT2D eigenvalue weighted by atomic mass is 32.2. The number of piperidine rings is 1. The molecule has 2 aliphatic rings. The van der Waals surface area contributed by atoms with Crippen molar-refractivity contribution in [3.05, 3.63) is 18.2 Å². The van der Waals surface area contributed by atoms with E-state index < -0.39 is 10.0 Å². The van der Waals surface area contributed by atoms with Crippen molar-refractivity contribution in [3.63, 3.8) is 0 Å². The third-order valence-corrected chi connectivity index (χ3v) is 9.29. The number of hydrogen-bond acceptors (Lipinski definition) is 5. The Balaban J connectivity index is 1.56. The minimum atomic E-state index is -3.50. The summed E-state index contributed by atoms with van der Waals surface area (Å²) in [5.41, 5.74) is 1.55. The lowest BCUT2D eigenvalue weighted by molar-refractivity contribution is -0.120.